The highest BCUT2D eigenvalue weighted by Gasteiger charge is 2.42. The molecule has 2 heterocycles. The van der Waals surface area contributed by atoms with Gasteiger partial charge in [0.05, 0.1) is 17.3 Å². The number of hydrogen-bond acceptors (Lipinski definition) is 5. The topological polar surface area (TPSA) is 66.5 Å². The third-order valence-corrected chi connectivity index (χ3v) is 7.37. The molecule has 3 aliphatic rings. The molecule has 144 valence electrons. The van der Waals surface area contributed by atoms with E-state index in [0.29, 0.717) is 24.8 Å². The summed E-state index contributed by atoms with van der Waals surface area (Å²) in [5.74, 6) is 1.12. The van der Waals surface area contributed by atoms with Crippen LogP contribution < -0.4 is 5.32 Å². The molecule has 1 aromatic rings. The normalized spacial score (nSPS) is 30.1. The Balaban J connectivity index is 1.39. The Bertz CT molecular complexity index is 738. The molecule has 0 aromatic heterocycles. The number of likely N-dealkylation sites (tertiary alicyclic amines) is 1. The van der Waals surface area contributed by atoms with Crippen LogP contribution >= 0.6 is 11.8 Å². The highest BCUT2D eigenvalue weighted by molar-refractivity contribution is 8.00. The summed E-state index contributed by atoms with van der Waals surface area (Å²) in [4.78, 5) is 39.0. The maximum absolute atomic E-state index is 13.0. The molecule has 1 aromatic carbocycles. The molecule has 2 fully saturated rings. The summed E-state index contributed by atoms with van der Waals surface area (Å²) >= 11 is 1.48. The molecule has 2 saturated heterocycles. The Morgan fingerprint density at radius 2 is 2.04 bits per heavy atom. The van der Waals surface area contributed by atoms with Crippen LogP contribution in [0.4, 0.5) is 0 Å². The van der Waals surface area contributed by atoms with Crippen molar-refractivity contribution in [1.29, 1.82) is 0 Å². The van der Waals surface area contributed by atoms with Crippen LogP contribution in [0.15, 0.2) is 24.3 Å². The van der Waals surface area contributed by atoms with Gasteiger partial charge >= 0.3 is 0 Å². The molecule has 0 radical (unpaired) electrons. The average molecular weight is 387 g/mol. The van der Waals surface area contributed by atoms with E-state index in [4.69, 9.17) is 0 Å². The van der Waals surface area contributed by atoms with E-state index >= 15 is 0 Å². The van der Waals surface area contributed by atoms with Crippen LogP contribution in [-0.2, 0) is 27.2 Å². The van der Waals surface area contributed by atoms with Crippen LogP contribution in [0.25, 0.3) is 0 Å². The van der Waals surface area contributed by atoms with Gasteiger partial charge in [-0.15, -0.1) is 11.8 Å². The molecular formula is C21H26N2O3S. The number of amides is 1. The van der Waals surface area contributed by atoms with E-state index in [1.54, 1.807) is 4.90 Å². The monoisotopic (exact) mass is 386 g/mol. The van der Waals surface area contributed by atoms with Gasteiger partial charge in [-0.3, -0.25) is 14.9 Å². The number of aldehydes is 1. The smallest absolute Gasteiger partial charge is 0.223 e. The van der Waals surface area contributed by atoms with Crippen molar-refractivity contribution in [1.82, 2.24) is 10.2 Å². The fraction of sp³-hybridized carbons (Fsp3) is 0.571. The van der Waals surface area contributed by atoms with Crippen molar-refractivity contribution in [2.24, 2.45) is 5.92 Å². The number of nitrogens with zero attached hydrogens (tertiary/aromatic N) is 1. The Morgan fingerprint density at radius 1 is 1.22 bits per heavy atom. The summed E-state index contributed by atoms with van der Waals surface area (Å²) in [6, 6.07) is 7.71. The highest BCUT2D eigenvalue weighted by atomic mass is 32.2. The lowest BCUT2D eigenvalue weighted by atomic mass is 9.82. The summed E-state index contributed by atoms with van der Waals surface area (Å²) < 4.78 is 0. The quantitative estimate of drug-likeness (QED) is 0.784. The van der Waals surface area contributed by atoms with Gasteiger partial charge in [0.2, 0.25) is 5.91 Å². The van der Waals surface area contributed by atoms with Crippen LogP contribution in [0, 0.1) is 5.92 Å². The lowest BCUT2D eigenvalue weighted by Gasteiger charge is -2.29. The summed E-state index contributed by atoms with van der Waals surface area (Å²) in [5, 5.41) is 2.69. The second-order valence-corrected chi connectivity index (χ2v) is 8.96. The number of hydrogen-bond donors (Lipinski definition) is 1. The summed E-state index contributed by atoms with van der Waals surface area (Å²) in [6.45, 7) is 0.662. The summed E-state index contributed by atoms with van der Waals surface area (Å²) in [6.07, 6.45) is 5.94. The average Bonchev–Trinajstić information content (AvgIpc) is 3.36. The van der Waals surface area contributed by atoms with E-state index in [1.165, 1.54) is 22.9 Å². The molecule has 0 spiro atoms. The first-order valence-corrected chi connectivity index (χ1v) is 10.9. The molecule has 1 unspecified atom stereocenters. The molecule has 6 heteroatoms. The van der Waals surface area contributed by atoms with Crippen molar-refractivity contribution < 1.29 is 14.4 Å². The van der Waals surface area contributed by atoms with Crippen molar-refractivity contribution in [3.05, 3.63) is 35.4 Å². The van der Waals surface area contributed by atoms with Gasteiger partial charge in [-0.05, 0) is 49.1 Å². The Morgan fingerprint density at radius 3 is 2.85 bits per heavy atom. The minimum atomic E-state index is -0.421. The molecule has 4 rings (SSSR count). The van der Waals surface area contributed by atoms with Crippen LogP contribution in [-0.4, -0.2) is 52.6 Å². The van der Waals surface area contributed by atoms with E-state index in [-0.39, 0.29) is 23.0 Å². The molecule has 4 atom stereocenters. The zero-order valence-electron chi connectivity index (χ0n) is 15.4. The van der Waals surface area contributed by atoms with Gasteiger partial charge in [0.1, 0.15) is 6.29 Å². The maximum atomic E-state index is 13.0. The molecular weight excluding hydrogens is 360 g/mol. The van der Waals surface area contributed by atoms with Gasteiger partial charge in [0.25, 0.3) is 0 Å². The maximum Gasteiger partial charge on any atom is 0.223 e. The Kier molecular flexibility index (Phi) is 5.64. The van der Waals surface area contributed by atoms with Crippen molar-refractivity contribution in [3.63, 3.8) is 0 Å². The minimum absolute atomic E-state index is 0.0435. The minimum Gasteiger partial charge on any atom is -0.333 e. The highest BCUT2D eigenvalue weighted by Crippen LogP contribution is 2.31. The van der Waals surface area contributed by atoms with Crippen LogP contribution in [0.5, 0.6) is 0 Å². The van der Waals surface area contributed by atoms with Crippen molar-refractivity contribution in [3.8, 4) is 0 Å². The van der Waals surface area contributed by atoms with Gasteiger partial charge in [-0.25, -0.2) is 0 Å². The van der Waals surface area contributed by atoms with E-state index in [2.05, 4.69) is 29.6 Å². The summed E-state index contributed by atoms with van der Waals surface area (Å²) in [5.41, 5.74) is 2.76. The van der Waals surface area contributed by atoms with Gasteiger partial charge in [-0.2, -0.15) is 0 Å². The fourth-order valence-corrected chi connectivity index (χ4v) is 5.84. The lowest BCUT2D eigenvalue weighted by molar-refractivity contribution is -0.138. The largest absolute Gasteiger partial charge is 0.333 e. The van der Waals surface area contributed by atoms with Crippen LogP contribution in [0.2, 0.25) is 0 Å². The predicted molar refractivity (Wildman–Crippen MR) is 106 cm³/mol. The zero-order chi connectivity index (χ0) is 18.8. The molecule has 5 nitrogen and oxygen atoms in total. The van der Waals surface area contributed by atoms with Crippen LogP contribution in [0.1, 0.15) is 36.8 Å². The van der Waals surface area contributed by atoms with E-state index < -0.39 is 6.04 Å². The molecule has 1 aliphatic carbocycles. The number of aryl methyl sites for hydroxylation is 1. The number of nitrogens with one attached hydrogen (secondary N) is 1. The van der Waals surface area contributed by atoms with E-state index in [0.717, 1.165) is 38.4 Å². The second-order valence-electron chi connectivity index (χ2n) is 7.83. The molecule has 0 bridgehead atoms. The number of Topliss-reactive ketones (excluding diaryl/α,β-unsaturated/α-hetero) is 1. The van der Waals surface area contributed by atoms with Crippen molar-refractivity contribution in [2.75, 3.05) is 12.4 Å². The van der Waals surface area contributed by atoms with Gasteiger partial charge < -0.3 is 9.69 Å². The van der Waals surface area contributed by atoms with Gasteiger partial charge in [0.15, 0.2) is 5.78 Å². The van der Waals surface area contributed by atoms with Crippen molar-refractivity contribution >= 4 is 29.7 Å². The van der Waals surface area contributed by atoms with E-state index in [1.807, 2.05) is 0 Å². The second kappa shape index (κ2) is 8.15. The number of rotatable bonds is 5. The fourth-order valence-electron chi connectivity index (χ4n) is 4.69. The first kappa shape index (κ1) is 18.7. The number of benzene rings is 1. The Hall–Kier alpha value is -1.66. The zero-order valence-corrected chi connectivity index (χ0v) is 16.2. The number of thioether (sulfide) groups is 1. The summed E-state index contributed by atoms with van der Waals surface area (Å²) in [7, 11) is 0. The predicted octanol–water partition coefficient (Wildman–Crippen LogP) is 1.97. The van der Waals surface area contributed by atoms with Gasteiger partial charge in [-0.1, -0.05) is 24.3 Å². The van der Waals surface area contributed by atoms with Crippen LogP contribution in [0.3, 0.4) is 0 Å². The first-order valence-electron chi connectivity index (χ1n) is 9.87. The lowest BCUT2D eigenvalue weighted by Crippen LogP contribution is -2.48. The van der Waals surface area contributed by atoms with Crippen molar-refractivity contribution in [2.45, 2.75) is 55.9 Å². The molecule has 2 aliphatic heterocycles. The first-order chi connectivity index (χ1) is 13.2. The molecule has 1 N–H and O–H groups in total. The number of fused-ring (bicyclic) bond motifs is 1. The third kappa shape index (κ3) is 3.83. The number of ketones is 1. The Labute approximate surface area is 164 Å². The third-order valence-electron chi connectivity index (χ3n) is 6.15. The standard InChI is InChI=1S/C21H26N2O3S/c24-12-17-21(27-13-22-17)20(26)18-6-3-9-23(18)19(25)11-14-7-8-15-4-1-2-5-16(15)10-14/h1-2,4-5,12,14,17-18,21-22H,3,6-11,13H2/t14-,17-,18+,21?/m1/s1. The number of carbonyl (C=O) groups is 3. The van der Waals surface area contributed by atoms with Gasteiger partial charge in [0, 0.05) is 18.8 Å². The molecule has 0 saturated carbocycles. The molecule has 27 heavy (non-hydrogen) atoms. The van der Waals surface area contributed by atoms with E-state index in [9.17, 15) is 14.4 Å². The number of carbonyl (C=O) groups excluding carboxylic acids is 3. The molecule has 1 amide bonds. The SMILES string of the molecule is O=C[C@H]1NCSC1C(=O)[C@@H]1CCCN1C(=O)C[C@@H]1CCc2ccccc2C1.